The van der Waals surface area contributed by atoms with E-state index >= 15 is 0 Å². The number of nitrogens with zero attached hydrogens (tertiary/aromatic N) is 1. The second-order valence-electron chi connectivity index (χ2n) is 3.54. The summed E-state index contributed by atoms with van der Waals surface area (Å²) in [7, 11) is 0.177. The van der Waals surface area contributed by atoms with Crippen molar-refractivity contribution in [2.45, 2.75) is 6.92 Å². The number of carbonyl (C=O) groups is 1. The van der Waals surface area contributed by atoms with Crippen LogP contribution >= 0.6 is 7.44 Å². The number of hydrogen-bond donors (Lipinski definition) is 1. The molecule has 1 aromatic rings. The van der Waals surface area contributed by atoms with Crippen molar-refractivity contribution in [1.29, 1.82) is 0 Å². The normalized spacial score (nSPS) is 15.0. The first kappa shape index (κ1) is 12.1. The van der Waals surface area contributed by atoms with Crippen LogP contribution in [0.15, 0.2) is 24.3 Å². The van der Waals surface area contributed by atoms with Crippen molar-refractivity contribution in [3.05, 3.63) is 29.8 Å². The fourth-order valence-corrected chi connectivity index (χ4v) is 2.57. The minimum Gasteiger partial charge on any atom is -0.294 e. The van der Waals surface area contributed by atoms with Crippen molar-refractivity contribution < 1.29 is 9.36 Å². The third kappa shape index (κ3) is 2.34. The summed E-state index contributed by atoms with van der Waals surface area (Å²) in [5, 5.41) is 0.419. The molecule has 82 valence electrons. The number of hydrogen-bond acceptors (Lipinski definition) is 2. The second kappa shape index (κ2) is 4.27. The Bertz CT molecular complexity index is 429. The van der Waals surface area contributed by atoms with Crippen LogP contribution in [0.2, 0.25) is 0 Å². The molecule has 0 saturated heterocycles. The zero-order valence-electron chi connectivity index (χ0n) is 9.10. The summed E-state index contributed by atoms with van der Waals surface area (Å²) in [4.78, 5) is 11.3. The molecule has 1 aromatic carbocycles. The Morgan fingerprint density at radius 1 is 1.33 bits per heavy atom. The van der Waals surface area contributed by atoms with E-state index in [1.54, 1.807) is 38.4 Å². The Kier molecular flexibility index (Phi) is 3.45. The quantitative estimate of drug-likeness (QED) is 0.622. The molecule has 1 unspecified atom stereocenters. The van der Waals surface area contributed by atoms with Gasteiger partial charge in [-0.15, -0.1) is 0 Å². The van der Waals surface area contributed by atoms with Crippen molar-refractivity contribution in [3.63, 3.8) is 0 Å². The van der Waals surface area contributed by atoms with E-state index in [-0.39, 0.29) is 5.78 Å². The van der Waals surface area contributed by atoms with Gasteiger partial charge in [-0.3, -0.25) is 14.9 Å². The Morgan fingerprint density at radius 3 is 2.33 bits per heavy atom. The van der Waals surface area contributed by atoms with E-state index in [0.717, 1.165) is 0 Å². The zero-order chi connectivity index (χ0) is 11.6. The maximum atomic E-state index is 12.2. The molecule has 1 atom stereocenters. The molecule has 0 bridgehead atoms. The number of carbonyl (C=O) groups excluding carboxylic acids is 1. The topological polar surface area (TPSA) is 63.4 Å². The predicted molar refractivity (Wildman–Crippen MR) is 61.6 cm³/mol. The number of benzene rings is 1. The lowest BCUT2D eigenvalue weighted by molar-refractivity contribution is 0.101. The van der Waals surface area contributed by atoms with Crippen LogP contribution in [0, 0.1) is 0 Å². The molecule has 0 saturated carbocycles. The highest BCUT2D eigenvalue weighted by atomic mass is 31.2. The summed E-state index contributed by atoms with van der Waals surface area (Å²) in [6.07, 6.45) is 0. The van der Waals surface area contributed by atoms with E-state index in [2.05, 4.69) is 0 Å². The molecule has 0 heterocycles. The summed E-state index contributed by atoms with van der Waals surface area (Å²) < 4.78 is 13.6. The largest absolute Gasteiger partial charge is 0.294 e. The van der Waals surface area contributed by atoms with Crippen LogP contribution in [0.3, 0.4) is 0 Å². The van der Waals surface area contributed by atoms with Gasteiger partial charge in [0.1, 0.15) is 0 Å². The van der Waals surface area contributed by atoms with Gasteiger partial charge in [-0.25, -0.2) is 4.67 Å². The van der Waals surface area contributed by atoms with Crippen molar-refractivity contribution in [1.82, 2.24) is 4.67 Å². The fourth-order valence-electron chi connectivity index (χ4n) is 1.27. The molecule has 15 heavy (non-hydrogen) atoms. The summed E-state index contributed by atoms with van der Waals surface area (Å²) in [6.45, 7) is 1.44. The van der Waals surface area contributed by atoms with Crippen molar-refractivity contribution in [2.75, 3.05) is 14.1 Å². The molecule has 0 aliphatic heterocycles. The first-order valence-corrected chi connectivity index (χ1v) is 6.27. The highest BCUT2D eigenvalue weighted by molar-refractivity contribution is 7.67. The maximum Gasteiger partial charge on any atom is 0.240 e. The monoisotopic (exact) mass is 226 g/mol. The van der Waals surface area contributed by atoms with Gasteiger partial charge in [-0.1, -0.05) is 18.2 Å². The third-order valence-electron chi connectivity index (χ3n) is 2.22. The van der Waals surface area contributed by atoms with Gasteiger partial charge in [0, 0.05) is 5.56 Å². The van der Waals surface area contributed by atoms with E-state index in [0.29, 0.717) is 10.9 Å². The fraction of sp³-hybridized carbons (Fsp3) is 0.300. The van der Waals surface area contributed by atoms with Gasteiger partial charge in [0.2, 0.25) is 7.44 Å². The van der Waals surface area contributed by atoms with E-state index in [4.69, 9.17) is 5.50 Å². The standard InChI is InChI=1S/C10H15N2O2P/c1-8(13)9-6-4-5-7-10(9)15(11,14)12(2)3/h4-7H,1-3H3,(H2,11,14). The van der Waals surface area contributed by atoms with Crippen LogP contribution in [-0.2, 0) is 4.57 Å². The molecule has 0 amide bonds. The molecule has 4 nitrogen and oxygen atoms in total. The number of nitrogens with two attached hydrogens (primary N) is 1. The Morgan fingerprint density at radius 2 is 1.87 bits per heavy atom. The van der Waals surface area contributed by atoms with Crippen LogP contribution in [0.5, 0.6) is 0 Å². The van der Waals surface area contributed by atoms with Crippen LogP contribution in [0.4, 0.5) is 0 Å². The van der Waals surface area contributed by atoms with E-state index in [9.17, 15) is 9.36 Å². The van der Waals surface area contributed by atoms with E-state index in [1.165, 1.54) is 11.6 Å². The molecule has 0 spiro atoms. The molecule has 0 aliphatic rings. The third-order valence-corrected chi connectivity index (χ3v) is 4.49. The van der Waals surface area contributed by atoms with Gasteiger partial charge in [0.05, 0.1) is 5.30 Å². The highest BCUT2D eigenvalue weighted by Gasteiger charge is 2.26. The average molecular weight is 226 g/mol. The van der Waals surface area contributed by atoms with Gasteiger partial charge in [-0.05, 0) is 27.1 Å². The van der Waals surface area contributed by atoms with Gasteiger partial charge in [0.15, 0.2) is 5.78 Å². The smallest absolute Gasteiger partial charge is 0.240 e. The molecular weight excluding hydrogens is 211 g/mol. The average Bonchev–Trinajstić information content (AvgIpc) is 2.17. The minimum absolute atomic E-state index is 0.127. The van der Waals surface area contributed by atoms with Gasteiger partial charge in [0.25, 0.3) is 0 Å². The molecular formula is C10H15N2O2P. The van der Waals surface area contributed by atoms with Crippen molar-refractivity contribution in [3.8, 4) is 0 Å². The van der Waals surface area contributed by atoms with E-state index < -0.39 is 7.44 Å². The Hall–Kier alpha value is -0.960. The molecule has 0 aromatic heterocycles. The van der Waals surface area contributed by atoms with Crippen LogP contribution in [0.25, 0.3) is 0 Å². The minimum atomic E-state index is -3.10. The zero-order valence-corrected chi connectivity index (χ0v) is 9.99. The van der Waals surface area contributed by atoms with Crippen molar-refractivity contribution in [2.24, 2.45) is 5.50 Å². The summed E-state index contributed by atoms with van der Waals surface area (Å²) in [6, 6.07) is 6.73. The van der Waals surface area contributed by atoms with Crippen LogP contribution in [-0.4, -0.2) is 24.5 Å². The molecule has 0 aliphatic carbocycles. The van der Waals surface area contributed by atoms with Crippen molar-refractivity contribution >= 4 is 18.5 Å². The maximum absolute atomic E-state index is 12.2. The van der Waals surface area contributed by atoms with Gasteiger partial charge < -0.3 is 0 Å². The number of Topliss-reactive ketones (excluding diaryl/α,β-unsaturated/α-hetero) is 1. The summed E-state index contributed by atoms with van der Waals surface area (Å²) in [5.41, 5.74) is 6.18. The lowest BCUT2D eigenvalue weighted by atomic mass is 10.1. The second-order valence-corrected chi connectivity index (χ2v) is 6.07. The Balaban J connectivity index is 3.38. The molecule has 0 radical (unpaired) electrons. The van der Waals surface area contributed by atoms with Gasteiger partial charge in [-0.2, -0.15) is 0 Å². The first-order chi connectivity index (χ1) is 6.87. The summed E-state index contributed by atoms with van der Waals surface area (Å²) >= 11 is 0. The first-order valence-electron chi connectivity index (χ1n) is 4.54. The Labute approximate surface area is 89.6 Å². The van der Waals surface area contributed by atoms with Crippen LogP contribution < -0.4 is 10.8 Å². The SMILES string of the molecule is CC(=O)c1ccccc1P(N)(=O)N(C)C. The lowest BCUT2D eigenvalue weighted by Crippen LogP contribution is -2.27. The summed E-state index contributed by atoms with van der Waals surface area (Å²) in [5.74, 6) is -0.127. The molecule has 2 N–H and O–H groups in total. The molecule has 5 heteroatoms. The van der Waals surface area contributed by atoms with E-state index in [1.807, 2.05) is 0 Å². The van der Waals surface area contributed by atoms with Gasteiger partial charge >= 0.3 is 0 Å². The lowest BCUT2D eigenvalue weighted by Gasteiger charge is -2.21. The van der Waals surface area contributed by atoms with Crippen LogP contribution in [0.1, 0.15) is 17.3 Å². The predicted octanol–water partition coefficient (Wildman–Crippen LogP) is 1.23. The number of rotatable bonds is 3. The molecule has 0 fully saturated rings. The number of ketones is 1. The highest BCUT2D eigenvalue weighted by Crippen LogP contribution is 2.38. The molecule has 1 rings (SSSR count).